The Hall–Kier alpha value is -2.74. The van der Waals surface area contributed by atoms with Gasteiger partial charge in [-0.05, 0) is 15.8 Å². The molecule has 0 fully saturated rings. The third-order valence-electron chi connectivity index (χ3n) is 2.35. The van der Waals surface area contributed by atoms with Gasteiger partial charge in [0.1, 0.15) is 12.4 Å². The van der Waals surface area contributed by atoms with Crippen LogP contribution in [0, 0.1) is 10.1 Å². The summed E-state index contributed by atoms with van der Waals surface area (Å²) in [6, 6.07) is 8.13. The van der Waals surface area contributed by atoms with Gasteiger partial charge in [-0.2, -0.15) is 0 Å². The smallest absolute Gasteiger partial charge is 0.363 e. The molecule has 0 N–H and O–H groups in total. The summed E-state index contributed by atoms with van der Waals surface area (Å²) < 4.78 is 1.42. The zero-order valence-corrected chi connectivity index (χ0v) is 12.7. The fourth-order valence-corrected chi connectivity index (χ4v) is 1.41. The Morgan fingerprint density at radius 1 is 1.36 bits per heavy atom. The van der Waals surface area contributed by atoms with Gasteiger partial charge in [0.25, 0.3) is 11.6 Å². The first-order chi connectivity index (χ1) is 10.1. The van der Waals surface area contributed by atoms with E-state index in [0.717, 1.165) is 6.20 Å². The molecule has 0 aliphatic carbocycles. The average molecular weight is 324 g/mol. The molecule has 0 spiro atoms. The van der Waals surface area contributed by atoms with E-state index < -0.39 is 4.92 Å². The molecule has 2 rings (SSSR count). The molecule has 0 amide bonds. The summed E-state index contributed by atoms with van der Waals surface area (Å²) in [5, 5.41) is 10.6. The lowest BCUT2D eigenvalue weighted by Crippen LogP contribution is -3.00. The number of rotatable bonds is 5. The van der Waals surface area contributed by atoms with Crippen molar-refractivity contribution in [2.24, 2.45) is 4.99 Å². The molecular formula is C13H14ClN5O3. The lowest BCUT2D eigenvalue weighted by Gasteiger charge is -2.02. The minimum Gasteiger partial charge on any atom is -1.00 e. The van der Waals surface area contributed by atoms with Crippen LogP contribution < -0.4 is 22.0 Å². The van der Waals surface area contributed by atoms with Gasteiger partial charge < -0.3 is 17.3 Å². The minimum absolute atomic E-state index is 0. The summed E-state index contributed by atoms with van der Waals surface area (Å²) >= 11 is 0. The van der Waals surface area contributed by atoms with Crippen molar-refractivity contribution >= 4 is 17.8 Å². The van der Waals surface area contributed by atoms with Crippen LogP contribution in [-0.4, -0.2) is 35.2 Å². The largest absolute Gasteiger partial charge is 1.00 e. The summed E-state index contributed by atoms with van der Waals surface area (Å²) in [7, 11) is 3.71. The zero-order valence-electron chi connectivity index (χ0n) is 12.0. The monoisotopic (exact) mass is 323 g/mol. The quantitative estimate of drug-likeness (QED) is 0.216. The van der Waals surface area contributed by atoms with Crippen molar-refractivity contribution in [3.8, 4) is 5.88 Å². The third kappa shape index (κ3) is 4.67. The van der Waals surface area contributed by atoms with Crippen LogP contribution >= 0.6 is 0 Å². The van der Waals surface area contributed by atoms with Gasteiger partial charge in [0, 0.05) is 32.3 Å². The molecule has 116 valence electrons. The minimum atomic E-state index is -0.515. The van der Waals surface area contributed by atoms with Crippen molar-refractivity contribution in [1.82, 2.24) is 9.88 Å². The molecule has 9 heteroatoms. The van der Waals surface area contributed by atoms with Crippen molar-refractivity contribution in [2.75, 3.05) is 14.1 Å². The van der Waals surface area contributed by atoms with Crippen LogP contribution in [0.1, 0.15) is 0 Å². The maximum atomic E-state index is 10.6. The lowest BCUT2D eigenvalue weighted by atomic mass is 10.4. The van der Waals surface area contributed by atoms with Gasteiger partial charge in [0.2, 0.25) is 6.34 Å². The normalized spacial score (nSPS) is 10.1. The number of hydrogen-bond acceptors (Lipinski definition) is 5. The molecule has 2 aromatic rings. The van der Waals surface area contributed by atoms with E-state index in [1.54, 1.807) is 29.6 Å². The SMILES string of the molecule is CN(C)/C=N/c1cccc[n+]1Oc1ccc([N+](=O)[O-])cn1.[Cl-]. The van der Waals surface area contributed by atoms with Crippen molar-refractivity contribution in [3.63, 3.8) is 0 Å². The molecule has 0 saturated heterocycles. The molecule has 0 bridgehead atoms. The van der Waals surface area contributed by atoms with Gasteiger partial charge in [-0.3, -0.25) is 15.0 Å². The summed E-state index contributed by atoms with van der Waals surface area (Å²) in [6.07, 6.45) is 4.45. The first kappa shape index (κ1) is 17.3. The predicted molar refractivity (Wildman–Crippen MR) is 75.4 cm³/mol. The van der Waals surface area contributed by atoms with Gasteiger partial charge >= 0.3 is 5.82 Å². The van der Waals surface area contributed by atoms with E-state index in [0.29, 0.717) is 5.82 Å². The fraction of sp³-hybridized carbons (Fsp3) is 0.154. The molecule has 0 aliphatic heterocycles. The van der Waals surface area contributed by atoms with Crippen LogP contribution in [0.25, 0.3) is 0 Å². The van der Waals surface area contributed by atoms with E-state index in [-0.39, 0.29) is 24.0 Å². The first-order valence-electron chi connectivity index (χ1n) is 6.06. The van der Waals surface area contributed by atoms with Crippen molar-refractivity contribution in [2.45, 2.75) is 0 Å². The number of halogens is 1. The summed E-state index contributed by atoms with van der Waals surface area (Å²) in [5.41, 5.74) is -0.0914. The van der Waals surface area contributed by atoms with Gasteiger partial charge in [-0.15, -0.1) is 0 Å². The fourth-order valence-electron chi connectivity index (χ4n) is 1.41. The molecule has 0 atom stereocenters. The van der Waals surface area contributed by atoms with Crippen LogP contribution in [0.2, 0.25) is 0 Å². The van der Waals surface area contributed by atoms with E-state index in [9.17, 15) is 10.1 Å². The molecule has 0 aliphatic rings. The van der Waals surface area contributed by atoms with Crippen molar-refractivity contribution in [1.29, 1.82) is 0 Å². The summed E-state index contributed by atoms with van der Waals surface area (Å²) in [5.74, 6) is 0.796. The Labute approximate surface area is 133 Å². The second-order valence-corrected chi connectivity index (χ2v) is 4.30. The highest BCUT2D eigenvalue weighted by molar-refractivity contribution is 5.57. The standard InChI is InChI=1S/C13H14N5O3.ClH/c1-16(2)10-15-12-5-3-4-8-17(12)21-13-7-6-11(9-14-13)18(19)20;/h3-10H,1-2H3;1H/q+1;/p-1. The Bertz CT molecular complexity index is 661. The highest BCUT2D eigenvalue weighted by atomic mass is 35.5. The highest BCUT2D eigenvalue weighted by Gasteiger charge is 2.12. The molecule has 8 nitrogen and oxygen atoms in total. The predicted octanol–water partition coefficient (Wildman–Crippen LogP) is -1.66. The van der Waals surface area contributed by atoms with Gasteiger partial charge in [-0.25, -0.2) is 4.98 Å². The molecule has 0 aromatic carbocycles. The maximum Gasteiger partial charge on any atom is 0.363 e. The van der Waals surface area contributed by atoms with E-state index in [4.69, 9.17) is 4.84 Å². The number of nitro groups is 1. The number of hydrogen-bond donors (Lipinski definition) is 0. The second kappa shape index (κ2) is 7.89. The van der Waals surface area contributed by atoms with E-state index in [1.165, 1.54) is 16.9 Å². The average Bonchev–Trinajstić information content (AvgIpc) is 2.47. The van der Waals surface area contributed by atoms with E-state index in [1.807, 2.05) is 20.2 Å². The van der Waals surface area contributed by atoms with Crippen LogP contribution in [0.15, 0.2) is 47.7 Å². The Morgan fingerprint density at radius 3 is 2.73 bits per heavy atom. The van der Waals surface area contributed by atoms with Crippen LogP contribution in [0.3, 0.4) is 0 Å². The molecule has 2 aromatic heterocycles. The zero-order chi connectivity index (χ0) is 15.2. The van der Waals surface area contributed by atoms with Gasteiger partial charge in [0.05, 0.1) is 4.92 Å². The first-order valence-corrected chi connectivity index (χ1v) is 6.06. The van der Waals surface area contributed by atoms with Crippen LogP contribution in [0.5, 0.6) is 5.88 Å². The molecule has 0 radical (unpaired) electrons. The Morgan fingerprint density at radius 2 is 2.14 bits per heavy atom. The number of aliphatic imine (C=N–C) groups is 1. The molecular weight excluding hydrogens is 310 g/mol. The van der Waals surface area contributed by atoms with Crippen LogP contribution in [-0.2, 0) is 0 Å². The van der Waals surface area contributed by atoms with Crippen LogP contribution in [0.4, 0.5) is 11.5 Å². The Kier molecular flexibility index (Phi) is 6.21. The number of pyridine rings is 2. The lowest BCUT2D eigenvalue weighted by molar-refractivity contribution is -0.865. The van der Waals surface area contributed by atoms with Crippen molar-refractivity contribution in [3.05, 3.63) is 52.8 Å². The van der Waals surface area contributed by atoms with Gasteiger partial charge in [-0.1, -0.05) is 6.07 Å². The molecule has 0 unspecified atom stereocenters. The highest BCUT2D eigenvalue weighted by Crippen LogP contribution is 2.13. The summed E-state index contributed by atoms with van der Waals surface area (Å²) in [6.45, 7) is 0. The maximum absolute atomic E-state index is 10.6. The topological polar surface area (TPSA) is 84.7 Å². The number of aromatic nitrogens is 2. The van der Waals surface area contributed by atoms with E-state index in [2.05, 4.69) is 9.98 Å². The summed E-state index contributed by atoms with van der Waals surface area (Å²) in [4.78, 5) is 25.5. The third-order valence-corrected chi connectivity index (χ3v) is 2.35. The molecule has 0 saturated carbocycles. The molecule has 22 heavy (non-hydrogen) atoms. The number of nitrogens with zero attached hydrogens (tertiary/aromatic N) is 5. The van der Waals surface area contributed by atoms with E-state index >= 15 is 0 Å². The second-order valence-electron chi connectivity index (χ2n) is 4.30. The van der Waals surface area contributed by atoms with Gasteiger partial charge in [0.15, 0.2) is 0 Å². The van der Waals surface area contributed by atoms with Crippen molar-refractivity contribution < 1.29 is 26.9 Å². The molecule has 2 heterocycles. The Balaban J connectivity index is 0.00000242.